The summed E-state index contributed by atoms with van der Waals surface area (Å²) >= 11 is 1.41. The zero-order valence-electron chi connectivity index (χ0n) is 10.5. The molecule has 7 heteroatoms. The number of aromatic nitrogens is 1. The number of rotatable bonds is 3. The Kier molecular flexibility index (Phi) is 4.10. The molecule has 0 aliphatic rings. The fourth-order valence-electron chi connectivity index (χ4n) is 1.89. The van der Waals surface area contributed by atoms with Crippen LogP contribution in [-0.2, 0) is 12.6 Å². The lowest BCUT2D eigenvalue weighted by atomic mass is 10.00. The van der Waals surface area contributed by atoms with Gasteiger partial charge in [-0.15, -0.1) is 11.3 Å². The van der Waals surface area contributed by atoms with Crippen LogP contribution in [0.1, 0.15) is 27.9 Å². The van der Waals surface area contributed by atoms with Gasteiger partial charge in [-0.1, -0.05) is 12.1 Å². The van der Waals surface area contributed by atoms with Crippen LogP contribution in [0.3, 0.4) is 0 Å². The fourth-order valence-corrected chi connectivity index (χ4v) is 2.52. The van der Waals surface area contributed by atoms with Gasteiger partial charge in [-0.05, 0) is 13.0 Å². The van der Waals surface area contributed by atoms with Crippen molar-refractivity contribution in [2.45, 2.75) is 25.6 Å². The summed E-state index contributed by atoms with van der Waals surface area (Å²) < 4.78 is 51.8. The maximum atomic E-state index is 13.9. The van der Waals surface area contributed by atoms with Crippen LogP contribution in [0.2, 0.25) is 0 Å². The average Bonchev–Trinajstić information content (AvgIpc) is 2.73. The van der Waals surface area contributed by atoms with Crippen molar-refractivity contribution in [3.05, 3.63) is 51.2 Å². The van der Waals surface area contributed by atoms with E-state index in [1.165, 1.54) is 17.4 Å². The topological polar surface area (TPSA) is 38.9 Å². The largest absolute Gasteiger partial charge is 0.419 e. The van der Waals surface area contributed by atoms with E-state index in [1.807, 2.05) is 6.92 Å². The summed E-state index contributed by atoms with van der Waals surface area (Å²) in [5.74, 6) is -1.31. The Hall–Kier alpha value is -1.47. The van der Waals surface area contributed by atoms with Gasteiger partial charge in [0.05, 0.1) is 16.3 Å². The van der Waals surface area contributed by atoms with Gasteiger partial charge >= 0.3 is 6.18 Å². The van der Waals surface area contributed by atoms with E-state index in [9.17, 15) is 17.6 Å². The molecular weight excluding hydrogens is 292 g/mol. The molecule has 1 atom stereocenters. The number of hydrogen-bond acceptors (Lipinski definition) is 3. The Bertz CT molecular complexity index is 607. The van der Waals surface area contributed by atoms with Crippen molar-refractivity contribution in [3.8, 4) is 0 Å². The minimum absolute atomic E-state index is 0.148. The first-order valence-electron chi connectivity index (χ1n) is 5.81. The molecule has 1 aromatic carbocycles. The first-order chi connectivity index (χ1) is 9.29. The van der Waals surface area contributed by atoms with E-state index in [0.717, 1.165) is 11.1 Å². The Morgan fingerprint density at radius 1 is 1.35 bits per heavy atom. The van der Waals surface area contributed by atoms with Gasteiger partial charge in [0.25, 0.3) is 0 Å². The van der Waals surface area contributed by atoms with Crippen molar-refractivity contribution >= 4 is 11.3 Å². The lowest BCUT2D eigenvalue weighted by molar-refractivity contribution is -0.140. The molecule has 2 N–H and O–H groups in total. The van der Waals surface area contributed by atoms with Crippen molar-refractivity contribution in [3.63, 3.8) is 0 Å². The van der Waals surface area contributed by atoms with Gasteiger partial charge in [0.15, 0.2) is 0 Å². The summed E-state index contributed by atoms with van der Waals surface area (Å²) in [5.41, 5.74) is 5.02. The normalized spacial score (nSPS) is 13.5. The van der Waals surface area contributed by atoms with Crippen molar-refractivity contribution in [1.82, 2.24) is 4.98 Å². The van der Waals surface area contributed by atoms with E-state index in [1.54, 1.807) is 5.38 Å². The molecule has 0 bridgehead atoms. The summed E-state index contributed by atoms with van der Waals surface area (Å²) in [6, 6.07) is 2.28. The van der Waals surface area contributed by atoms with Gasteiger partial charge < -0.3 is 5.73 Å². The van der Waals surface area contributed by atoms with Crippen LogP contribution >= 0.6 is 11.3 Å². The van der Waals surface area contributed by atoms with Gasteiger partial charge in [-0.25, -0.2) is 9.37 Å². The zero-order chi connectivity index (χ0) is 14.9. The van der Waals surface area contributed by atoms with Gasteiger partial charge in [0.1, 0.15) is 5.82 Å². The maximum Gasteiger partial charge on any atom is 0.419 e. The van der Waals surface area contributed by atoms with Crippen LogP contribution in [0.15, 0.2) is 23.6 Å². The molecule has 2 nitrogen and oxygen atoms in total. The second-order valence-corrected chi connectivity index (χ2v) is 5.44. The molecule has 0 fully saturated rings. The van der Waals surface area contributed by atoms with Crippen molar-refractivity contribution in [2.24, 2.45) is 5.73 Å². The highest BCUT2D eigenvalue weighted by Gasteiger charge is 2.35. The molecule has 0 spiro atoms. The molecule has 108 valence electrons. The standard InChI is InChI=1S/C13H12F4N2S/c1-7-19-8(6-20-7)5-11(18)9-3-2-4-10(12(9)14)13(15,16)17/h2-4,6,11H,5,18H2,1H3. The van der Waals surface area contributed by atoms with E-state index < -0.39 is 23.6 Å². The molecule has 0 aliphatic carbocycles. The van der Waals surface area contributed by atoms with Crippen molar-refractivity contribution in [2.75, 3.05) is 0 Å². The van der Waals surface area contributed by atoms with Gasteiger partial charge in [0, 0.05) is 23.4 Å². The predicted octanol–water partition coefficient (Wildman–Crippen LogP) is 3.85. The minimum Gasteiger partial charge on any atom is -0.324 e. The summed E-state index contributed by atoms with van der Waals surface area (Å²) in [6.07, 6.45) is -4.53. The van der Waals surface area contributed by atoms with Crippen molar-refractivity contribution in [1.29, 1.82) is 0 Å². The predicted molar refractivity (Wildman–Crippen MR) is 68.9 cm³/mol. The van der Waals surface area contributed by atoms with Crippen LogP contribution in [0.25, 0.3) is 0 Å². The van der Waals surface area contributed by atoms with E-state index in [4.69, 9.17) is 5.73 Å². The van der Waals surface area contributed by atoms with Gasteiger partial charge in [-0.3, -0.25) is 0 Å². The van der Waals surface area contributed by atoms with Crippen LogP contribution in [0, 0.1) is 12.7 Å². The zero-order valence-corrected chi connectivity index (χ0v) is 11.4. The van der Waals surface area contributed by atoms with Crippen LogP contribution in [0.4, 0.5) is 17.6 Å². The second-order valence-electron chi connectivity index (χ2n) is 4.38. The Labute approximate surface area is 117 Å². The van der Waals surface area contributed by atoms with E-state index in [0.29, 0.717) is 11.8 Å². The molecule has 0 aliphatic heterocycles. The second kappa shape index (κ2) is 5.49. The van der Waals surface area contributed by atoms with Crippen molar-refractivity contribution < 1.29 is 17.6 Å². The molecule has 1 unspecified atom stereocenters. The number of nitrogens with two attached hydrogens (primary N) is 1. The molecule has 1 heterocycles. The molecule has 0 radical (unpaired) electrons. The van der Waals surface area contributed by atoms with Gasteiger partial charge in [0.2, 0.25) is 0 Å². The Morgan fingerprint density at radius 2 is 2.05 bits per heavy atom. The quantitative estimate of drug-likeness (QED) is 0.875. The molecule has 0 saturated heterocycles. The van der Waals surface area contributed by atoms with Crippen LogP contribution < -0.4 is 5.73 Å². The Morgan fingerprint density at radius 3 is 2.60 bits per heavy atom. The highest BCUT2D eigenvalue weighted by molar-refractivity contribution is 7.09. The fraction of sp³-hybridized carbons (Fsp3) is 0.308. The average molecular weight is 304 g/mol. The molecule has 0 amide bonds. The van der Waals surface area contributed by atoms with Crippen LogP contribution in [-0.4, -0.2) is 4.98 Å². The third-order valence-corrected chi connectivity index (χ3v) is 3.65. The lowest BCUT2D eigenvalue weighted by Crippen LogP contribution is -2.18. The molecule has 2 rings (SSSR count). The maximum absolute atomic E-state index is 13.9. The van der Waals surface area contributed by atoms with E-state index in [2.05, 4.69) is 4.98 Å². The third-order valence-electron chi connectivity index (χ3n) is 2.83. The first-order valence-corrected chi connectivity index (χ1v) is 6.69. The van der Waals surface area contributed by atoms with E-state index in [-0.39, 0.29) is 12.0 Å². The number of thiazole rings is 1. The van der Waals surface area contributed by atoms with Crippen LogP contribution in [0.5, 0.6) is 0 Å². The smallest absolute Gasteiger partial charge is 0.324 e. The number of benzene rings is 1. The summed E-state index contributed by atoms with van der Waals surface area (Å²) in [5, 5.41) is 2.59. The Balaban J connectivity index is 2.28. The number of halogens is 4. The summed E-state index contributed by atoms with van der Waals surface area (Å²) in [6.45, 7) is 1.81. The molecule has 20 heavy (non-hydrogen) atoms. The number of nitrogens with zero attached hydrogens (tertiary/aromatic N) is 1. The lowest BCUT2D eigenvalue weighted by Gasteiger charge is -2.15. The number of alkyl halides is 3. The molecular formula is C13H12F4N2S. The van der Waals surface area contributed by atoms with Gasteiger partial charge in [-0.2, -0.15) is 13.2 Å². The molecule has 1 aromatic heterocycles. The molecule has 0 saturated carbocycles. The summed E-state index contributed by atoms with van der Waals surface area (Å²) in [7, 11) is 0. The third kappa shape index (κ3) is 3.16. The highest BCUT2D eigenvalue weighted by Crippen LogP contribution is 2.34. The first kappa shape index (κ1) is 14.9. The monoisotopic (exact) mass is 304 g/mol. The van der Waals surface area contributed by atoms with E-state index >= 15 is 0 Å². The molecule has 2 aromatic rings. The highest BCUT2D eigenvalue weighted by atomic mass is 32.1. The number of hydrogen-bond donors (Lipinski definition) is 1. The summed E-state index contributed by atoms with van der Waals surface area (Å²) in [4.78, 5) is 4.17. The number of aryl methyl sites for hydroxylation is 1. The SMILES string of the molecule is Cc1nc(CC(N)c2cccc(C(F)(F)F)c2F)cs1. The minimum atomic E-state index is -4.73.